The maximum absolute atomic E-state index is 6.07. The second kappa shape index (κ2) is 9.71. The molecular formula is C14H21BrIN3O2S. The van der Waals surface area contributed by atoms with Crippen molar-refractivity contribution in [2.45, 2.75) is 6.54 Å². The molecule has 0 spiro atoms. The summed E-state index contributed by atoms with van der Waals surface area (Å²) in [7, 11) is 3.24. The molecule has 0 atom stereocenters. The Hall–Kier alpha value is -0.350. The Labute approximate surface area is 161 Å². The zero-order chi connectivity index (χ0) is 15.2. The number of hydrogen-bond donors (Lipinski definition) is 1. The van der Waals surface area contributed by atoms with E-state index in [0.717, 1.165) is 34.6 Å². The van der Waals surface area contributed by atoms with Gasteiger partial charge in [-0.3, -0.25) is 0 Å². The van der Waals surface area contributed by atoms with Crippen molar-refractivity contribution in [1.82, 2.24) is 4.90 Å². The van der Waals surface area contributed by atoms with Crippen molar-refractivity contribution in [3.63, 3.8) is 0 Å². The second-order valence-corrected chi connectivity index (χ2v) is 6.65. The number of methoxy groups -OCH3 is 2. The first-order valence-electron chi connectivity index (χ1n) is 6.68. The number of benzene rings is 1. The summed E-state index contributed by atoms with van der Waals surface area (Å²) in [6.07, 6.45) is 0. The molecule has 1 fully saturated rings. The minimum atomic E-state index is 0. The SMILES string of the molecule is COc1cc(Br)c(CN=C(N)N2CCSCC2)cc1OC.I. The van der Waals surface area contributed by atoms with E-state index in [1.165, 1.54) is 0 Å². The van der Waals surface area contributed by atoms with Gasteiger partial charge in [-0.15, -0.1) is 24.0 Å². The number of aliphatic imine (C=N–C) groups is 1. The molecule has 1 aliphatic heterocycles. The van der Waals surface area contributed by atoms with Gasteiger partial charge in [0.25, 0.3) is 0 Å². The van der Waals surface area contributed by atoms with E-state index in [1.54, 1.807) is 14.2 Å². The molecule has 2 N–H and O–H groups in total. The van der Waals surface area contributed by atoms with Gasteiger partial charge < -0.3 is 20.1 Å². The molecule has 1 saturated heterocycles. The predicted octanol–water partition coefficient (Wildman–Crippen LogP) is 2.95. The summed E-state index contributed by atoms with van der Waals surface area (Å²) in [6.45, 7) is 2.44. The molecule has 0 aromatic heterocycles. The van der Waals surface area contributed by atoms with Crippen LogP contribution in [0.15, 0.2) is 21.6 Å². The van der Waals surface area contributed by atoms with Crippen LogP contribution in [0.25, 0.3) is 0 Å². The highest BCUT2D eigenvalue weighted by atomic mass is 127. The van der Waals surface area contributed by atoms with Gasteiger partial charge in [0.2, 0.25) is 0 Å². The van der Waals surface area contributed by atoms with Gasteiger partial charge in [0.1, 0.15) is 0 Å². The summed E-state index contributed by atoms with van der Waals surface area (Å²) < 4.78 is 11.5. The lowest BCUT2D eigenvalue weighted by molar-refractivity contribution is 0.354. The van der Waals surface area contributed by atoms with Crippen LogP contribution in [0.3, 0.4) is 0 Å². The normalized spacial score (nSPS) is 15.2. The van der Waals surface area contributed by atoms with E-state index >= 15 is 0 Å². The molecular weight excluding hydrogens is 481 g/mol. The summed E-state index contributed by atoms with van der Waals surface area (Å²) >= 11 is 5.49. The van der Waals surface area contributed by atoms with Crippen molar-refractivity contribution in [1.29, 1.82) is 0 Å². The summed E-state index contributed by atoms with van der Waals surface area (Å²) in [6, 6.07) is 3.81. The molecule has 1 aromatic carbocycles. The summed E-state index contributed by atoms with van der Waals surface area (Å²) in [5, 5.41) is 0. The Morgan fingerprint density at radius 3 is 2.45 bits per heavy atom. The van der Waals surface area contributed by atoms with E-state index in [4.69, 9.17) is 15.2 Å². The molecule has 0 radical (unpaired) electrons. The van der Waals surface area contributed by atoms with E-state index in [9.17, 15) is 0 Å². The number of guanidine groups is 1. The van der Waals surface area contributed by atoms with Gasteiger partial charge in [0.15, 0.2) is 17.5 Å². The highest BCUT2D eigenvalue weighted by Crippen LogP contribution is 2.33. The van der Waals surface area contributed by atoms with Crippen LogP contribution >= 0.6 is 51.7 Å². The van der Waals surface area contributed by atoms with Crippen LogP contribution in [-0.2, 0) is 6.54 Å². The molecule has 1 heterocycles. The molecule has 5 nitrogen and oxygen atoms in total. The first-order chi connectivity index (χ1) is 10.2. The fraction of sp³-hybridized carbons (Fsp3) is 0.500. The van der Waals surface area contributed by atoms with Crippen molar-refractivity contribution >= 4 is 57.6 Å². The number of ether oxygens (including phenoxy) is 2. The van der Waals surface area contributed by atoms with Crippen LogP contribution in [0, 0.1) is 0 Å². The van der Waals surface area contributed by atoms with E-state index in [1.807, 2.05) is 23.9 Å². The van der Waals surface area contributed by atoms with Crippen LogP contribution in [-0.4, -0.2) is 49.7 Å². The highest BCUT2D eigenvalue weighted by molar-refractivity contribution is 14.0. The molecule has 1 aliphatic rings. The zero-order valence-electron chi connectivity index (χ0n) is 12.7. The average Bonchev–Trinajstić information content (AvgIpc) is 2.53. The molecule has 0 amide bonds. The maximum Gasteiger partial charge on any atom is 0.191 e. The van der Waals surface area contributed by atoms with Gasteiger partial charge in [0, 0.05) is 29.1 Å². The van der Waals surface area contributed by atoms with Crippen LogP contribution in [0.5, 0.6) is 11.5 Å². The van der Waals surface area contributed by atoms with Crippen LogP contribution < -0.4 is 15.2 Å². The lowest BCUT2D eigenvalue weighted by Crippen LogP contribution is -2.42. The van der Waals surface area contributed by atoms with Gasteiger partial charge in [0.05, 0.1) is 20.8 Å². The predicted molar refractivity (Wildman–Crippen MR) is 107 cm³/mol. The Bertz CT molecular complexity index is 525. The largest absolute Gasteiger partial charge is 0.493 e. The molecule has 0 aliphatic carbocycles. The lowest BCUT2D eigenvalue weighted by atomic mass is 10.2. The minimum absolute atomic E-state index is 0. The Morgan fingerprint density at radius 1 is 1.27 bits per heavy atom. The van der Waals surface area contributed by atoms with Crippen molar-refractivity contribution in [3.05, 3.63) is 22.2 Å². The third kappa shape index (κ3) is 5.09. The van der Waals surface area contributed by atoms with Crippen molar-refractivity contribution in [2.24, 2.45) is 10.7 Å². The van der Waals surface area contributed by atoms with Gasteiger partial charge in [-0.05, 0) is 17.7 Å². The Morgan fingerprint density at radius 2 is 1.86 bits per heavy atom. The monoisotopic (exact) mass is 501 g/mol. The zero-order valence-corrected chi connectivity index (χ0v) is 17.4. The lowest BCUT2D eigenvalue weighted by Gasteiger charge is -2.27. The number of halogens is 2. The summed E-state index contributed by atoms with van der Waals surface area (Å²) in [5.41, 5.74) is 7.08. The Balaban J connectivity index is 0.00000242. The topological polar surface area (TPSA) is 60.1 Å². The molecule has 0 bridgehead atoms. The van der Waals surface area contributed by atoms with Crippen LogP contribution in [0.1, 0.15) is 5.56 Å². The van der Waals surface area contributed by atoms with Crippen molar-refractivity contribution in [3.8, 4) is 11.5 Å². The van der Waals surface area contributed by atoms with Crippen molar-refractivity contribution in [2.75, 3.05) is 38.8 Å². The fourth-order valence-corrected chi connectivity index (χ4v) is 3.43. The third-order valence-electron chi connectivity index (χ3n) is 3.30. The van der Waals surface area contributed by atoms with Gasteiger partial charge >= 0.3 is 0 Å². The summed E-state index contributed by atoms with van der Waals surface area (Å²) in [4.78, 5) is 6.62. The standard InChI is InChI=1S/C14H20BrN3O2S.HI/c1-19-12-7-10(11(15)8-13(12)20-2)9-17-14(16)18-3-5-21-6-4-18;/h7-8H,3-6,9H2,1-2H3,(H2,16,17);1H. The average molecular weight is 502 g/mol. The van der Waals surface area contributed by atoms with Gasteiger partial charge in [-0.2, -0.15) is 11.8 Å². The smallest absolute Gasteiger partial charge is 0.191 e. The van der Waals surface area contributed by atoms with Gasteiger partial charge in [-0.25, -0.2) is 4.99 Å². The summed E-state index contributed by atoms with van der Waals surface area (Å²) in [5.74, 6) is 4.21. The molecule has 1 aromatic rings. The first kappa shape index (κ1) is 19.7. The molecule has 2 rings (SSSR count). The fourth-order valence-electron chi connectivity index (χ4n) is 2.08. The number of nitrogens with zero attached hydrogens (tertiary/aromatic N) is 2. The number of thioether (sulfide) groups is 1. The minimum Gasteiger partial charge on any atom is -0.493 e. The van der Waals surface area contributed by atoms with Crippen LogP contribution in [0.4, 0.5) is 0 Å². The van der Waals surface area contributed by atoms with E-state index in [0.29, 0.717) is 24.0 Å². The van der Waals surface area contributed by atoms with E-state index in [2.05, 4.69) is 25.8 Å². The number of hydrogen-bond acceptors (Lipinski definition) is 4. The molecule has 22 heavy (non-hydrogen) atoms. The van der Waals surface area contributed by atoms with Crippen molar-refractivity contribution < 1.29 is 9.47 Å². The Kier molecular flexibility index (Phi) is 8.70. The molecule has 0 unspecified atom stereocenters. The van der Waals surface area contributed by atoms with E-state index in [-0.39, 0.29) is 24.0 Å². The molecule has 124 valence electrons. The number of nitrogens with two attached hydrogens (primary N) is 1. The maximum atomic E-state index is 6.07. The quantitative estimate of drug-likeness (QED) is 0.390. The van der Waals surface area contributed by atoms with Crippen LogP contribution in [0.2, 0.25) is 0 Å². The first-order valence-corrected chi connectivity index (χ1v) is 8.63. The third-order valence-corrected chi connectivity index (χ3v) is 4.98. The molecule has 8 heteroatoms. The number of rotatable bonds is 4. The molecule has 0 saturated carbocycles. The van der Waals surface area contributed by atoms with E-state index < -0.39 is 0 Å². The second-order valence-electron chi connectivity index (χ2n) is 4.57. The van der Waals surface area contributed by atoms with Gasteiger partial charge in [-0.1, -0.05) is 15.9 Å². The highest BCUT2D eigenvalue weighted by Gasteiger charge is 2.13.